The van der Waals surface area contributed by atoms with Crippen molar-refractivity contribution in [1.29, 1.82) is 0 Å². The molecule has 1 aromatic heterocycles. The summed E-state index contributed by atoms with van der Waals surface area (Å²) in [5, 5.41) is 25.7. The number of aromatic nitrogens is 1. The first-order chi connectivity index (χ1) is 18.4. The molecule has 1 saturated heterocycles. The number of carbonyl (C=O) groups excluding carboxylic acids is 1. The van der Waals surface area contributed by atoms with E-state index >= 15 is 0 Å². The first-order valence-electron chi connectivity index (χ1n) is 12.6. The SMILES string of the molecule is CC(=O)NCc1ccc(C(=Nc2ccc(CN3CCCC3)cc2)c2c(O)[nH]c3ccc([N+](=O)[O-])cc23)cc1. The maximum Gasteiger partial charge on any atom is 0.270 e. The van der Waals surface area contributed by atoms with Crippen LogP contribution in [-0.4, -0.2) is 44.6 Å². The number of aromatic amines is 1. The summed E-state index contributed by atoms with van der Waals surface area (Å²) in [7, 11) is 0. The minimum Gasteiger partial charge on any atom is -0.494 e. The number of nitro benzene ring substituents is 1. The van der Waals surface area contributed by atoms with Crippen molar-refractivity contribution in [3.05, 3.63) is 99.1 Å². The maximum atomic E-state index is 11.5. The fraction of sp³-hybridized carbons (Fsp3) is 0.241. The summed E-state index contributed by atoms with van der Waals surface area (Å²) in [6.45, 7) is 5.00. The lowest BCUT2D eigenvalue weighted by atomic mass is 9.99. The summed E-state index contributed by atoms with van der Waals surface area (Å²) in [4.78, 5) is 32.6. The molecular formula is C29H29N5O4. The van der Waals surface area contributed by atoms with Crippen molar-refractivity contribution < 1.29 is 14.8 Å². The lowest BCUT2D eigenvalue weighted by molar-refractivity contribution is -0.384. The second kappa shape index (κ2) is 10.9. The van der Waals surface area contributed by atoms with Gasteiger partial charge in [-0.15, -0.1) is 0 Å². The predicted molar refractivity (Wildman–Crippen MR) is 147 cm³/mol. The highest BCUT2D eigenvalue weighted by atomic mass is 16.6. The zero-order valence-electron chi connectivity index (χ0n) is 21.1. The van der Waals surface area contributed by atoms with Crippen molar-refractivity contribution in [3.8, 4) is 5.88 Å². The number of nitrogens with one attached hydrogen (secondary N) is 2. The summed E-state index contributed by atoms with van der Waals surface area (Å²) >= 11 is 0. The fourth-order valence-electron chi connectivity index (χ4n) is 4.79. The second-order valence-corrected chi connectivity index (χ2v) is 9.55. The summed E-state index contributed by atoms with van der Waals surface area (Å²) in [6, 6.07) is 19.9. The third-order valence-electron chi connectivity index (χ3n) is 6.76. The topological polar surface area (TPSA) is 124 Å². The number of benzene rings is 3. The van der Waals surface area contributed by atoms with Gasteiger partial charge in [-0.2, -0.15) is 0 Å². The van der Waals surface area contributed by atoms with Crippen LogP contribution in [0.2, 0.25) is 0 Å². The molecule has 4 aromatic rings. The van der Waals surface area contributed by atoms with Gasteiger partial charge in [-0.25, -0.2) is 4.99 Å². The Morgan fingerprint density at radius 1 is 1.05 bits per heavy atom. The van der Waals surface area contributed by atoms with Crippen LogP contribution in [0, 0.1) is 10.1 Å². The molecule has 9 heteroatoms. The summed E-state index contributed by atoms with van der Waals surface area (Å²) in [5.41, 5.74) is 4.90. The van der Waals surface area contributed by atoms with E-state index in [1.165, 1.54) is 37.5 Å². The quantitative estimate of drug-likeness (QED) is 0.171. The highest BCUT2D eigenvalue weighted by Crippen LogP contribution is 2.34. The number of nitrogens with zero attached hydrogens (tertiary/aromatic N) is 3. The van der Waals surface area contributed by atoms with Crippen molar-refractivity contribution in [2.24, 2.45) is 4.99 Å². The number of rotatable bonds is 8. The number of hydrogen-bond acceptors (Lipinski definition) is 6. The molecule has 0 radical (unpaired) electrons. The Balaban J connectivity index is 1.56. The van der Waals surface area contributed by atoms with E-state index in [4.69, 9.17) is 4.99 Å². The minimum atomic E-state index is -0.458. The van der Waals surface area contributed by atoms with Crippen LogP contribution in [0.15, 0.2) is 71.7 Å². The number of H-pyrrole nitrogens is 1. The number of non-ortho nitro benzene ring substituents is 1. The van der Waals surface area contributed by atoms with Crippen LogP contribution in [-0.2, 0) is 17.9 Å². The molecule has 9 nitrogen and oxygen atoms in total. The average Bonchev–Trinajstić information content (AvgIpc) is 3.53. The summed E-state index contributed by atoms with van der Waals surface area (Å²) in [6.07, 6.45) is 2.48. The molecule has 1 aliphatic rings. The molecule has 1 amide bonds. The molecule has 5 rings (SSSR count). The molecule has 2 heterocycles. The Labute approximate surface area is 220 Å². The van der Waals surface area contributed by atoms with Gasteiger partial charge in [-0.05, 0) is 55.3 Å². The highest BCUT2D eigenvalue weighted by Gasteiger charge is 2.21. The monoisotopic (exact) mass is 511 g/mol. The first-order valence-corrected chi connectivity index (χ1v) is 12.6. The zero-order valence-corrected chi connectivity index (χ0v) is 21.1. The smallest absolute Gasteiger partial charge is 0.270 e. The van der Waals surface area contributed by atoms with E-state index < -0.39 is 4.92 Å². The Morgan fingerprint density at radius 3 is 2.39 bits per heavy atom. The van der Waals surface area contributed by atoms with Gasteiger partial charge in [0.2, 0.25) is 5.91 Å². The van der Waals surface area contributed by atoms with Gasteiger partial charge in [0.05, 0.1) is 21.9 Å². The number of carbonyl (C=O) groups is 1. The lowest BCUT2D eigenvalue weighted by Gasteiger charge is -2.14. The largest absolute Gasteiger partial charge is 0.494 e. The Kier molecular flexibility index (Phi) is 7.19. The van der Waals surface area contributed by atoms with Crippen molar-refractivity contribution in [3.63, 3.8) is 0 Å². The van der Waals surface area contributed by atoms with E-state index in [-0.39, 0.29) is 17.5 Å². The Morgan fingerprint density at radius 2 is 1.74 bits per heavy atom. The van der Waals surface area contributed by atoms with Gasteiger partial charge < -0.3 is 15.4 Å². The van der Waals surface area contributed by atoms with Crippen LogP contribution in [0.25, 0.3) is 10.9 Å². The Hall–Kier alpha value is -4.50. The third kappa shape index (κ3) is 5.57. The van der Waals surface area contributed by atoms with Crippen molar-refractivity contribution in [2.75, 3.05) is 13.1 Å². The lowest BCUT2D eigenvalue weighted by Crippen LogP contribution is -2.18. The zero-order chi connectivity index (χ0) is 26.6. The minimum absolute atomic E-state index is 0.0750. The molecular weight excluding hydrogens is 482 g/mol. The van der Waals surface area contributed by atoms with Crippen LogP contribution in [0.1, 0.15) is 42.0 Å². The molecule has 1 fully saturated rings. The van der Waals surface area contributed by atoms with Crippen molar-refractivity contribution in [2.45, 2.75) is 32.9 Å². The molecule has 0 spiro atoms. The van der Waals surface area contributed by atoms with Crippen molar-refractivity contribution in [1.82, 2.24) is 15.2 Å². The van der Waals surface area contributed by atoms with Gasteiger partial charge in [0.15, 0.2) is 5.88 Å². The van der Waals surface area contributed by atoms with Gasteiger partial charge in [0.25, 0.3) is 5.69 Å². The number of hydrogen-bond donors (Lipinski definition) is 3. The van der Waals surface area contributed by atoms with Gasteiger partial charge in [0, 0.05) is 48.6 Å². The Bertz CT molecular complexity index is 1500. The number of fused-ring (bicyclic) bond motifs is 1. The fourth-order valence-corrected chi connectivity index (χ4v) is 4.79. The average molecular weight is 512 g/mol. The van der Waals surface area contributed by atoms with Crippen LogP contribution in [0.5, 0.6) is 5.88 Å². The number of nitro groups is 1. The molecule has 3 aromatic carbocycles. The van der Waals surface area contributed by atoms with Crippen LogP contribution < -0.4 is 5.32 Å². The summed E-state index contributed by atoms with van der Waals surface area (Å²) < 4.78 is 0. The molecule has 38 heavy (non-hydrogen) atoms. The first kappa shape index (κ1) is 25.2. The second-order valence-electron chi connectivity index (χ2n) is 9.55. The van der Waals surface area contributed by atoms with Crippen LogP contribution >= 0.6 is 0 Å². The normalized spacial score (nSPS) is 14.2. The summed E-state index contributed by atoms with van der Waals surface area (Å²) in [5.74, 6) is -0.234. The predicted octanol–water partition coefficient (Wildman–Crippen LogP) is 5.18. The molecule has 0 saturated carbocycles. The molecule has 3 N–H and O–H groups in total. The van der Waals surface area contributed by atoms with E-state index in [9.17, 15) is 20.0 Å². The molecule has 0 aliphatic carbocycles. The number of amides is 1. The van der Waals surface area contributed by atoms with E-state index in [0.29, 0.717) is 34.4 Å². The van der Waals surface area contributed by atoms with Gasteiger partial charge >= 0.3 is 0 Å². The molecule has 194 valence electrons. The molecule has 0 unspecified atom stereocenters. The van der Waals surface area contributed by atoms with Crippen molar-refractivity contribution >= 4 is 33.9 Å². The molecule has 0 atom stereocenters. The standard InChI is InChI=1S/C29H29N5O4/c1-19(35)30-17-20-4-8-22(9-5-20)28(27-25-16-24(34(37)38)12-13-26(25)32-29(27)36)31-23-10-6-21(7-11-23)18-33-14-2-3-15-33/h4-13,16,32,36H,2-3,14-15,17-18H2,1H3,(H,30,35). The van der Waals surface area contributed by atoms with E-state index in [1.807, 2.05) is 36.4 Å². The van der Waals surface area contributed by atoms with E-state index in [1.54, 1.807) is 6.07 Å². The van der Waals surface area contributed by atoms with E-state index in [2.05, 4.69) is 27.3 Å². The highest BCUT2D eigenvalue weighted by molar-refractivity contribution is 6.22. The molecule has 0 bridgehead atoms. The van der Waals surface area contributed by atoms with Gasteiger partial charge in [-0.3, -0.25) is 19.8 Å². The maximum absolute atomic E-state index is 11.5. The van der Waals surface area contributed by atoms with Crippen LogP contribution in [0.4, 0.5) is 11.4 Å². The van der Waals surface area contributed by atoms with E-state index in [0.717, 1.165) is 30.8 Å². The number of likely N-dealkylation sites (tertiary alicyclic amines) is 1. The number of aliphatic imine (C=N–C) groups is 1. The van der Waals surface area contributed by atoms with Crippen LogP contribution in [0.3, 0.4) is 0 Å². The number of aromatic hydroxyl groups is 1. The third-order valence-corrected chi connectivity index (χ3v) is 6.76. The van der Waals surface area contributed by atoms with Gasteiger partial charge in [0.1, 0.15) is 0 Å². The van der Waals surface area contributed by atoms with Gasteiger partial charge in [-0.1, -0.05) is 36.4 Å². The molecule has 1 aliphatic heterocycles.